The first kappa shape index (κ1) is 19.2. The zero-order valence-electron chi connectivity index (χ0n) is 16.7. The molecule has 1 unspecified atom stereocenters. The second-order valence-electron chi connectivity index (χ2n) is 8.03. The Bertz CT molecular complexity index is 1010. The van der Waals surface area contributed by atoms with Crippen LogP contribution in [-0.2, 0) is 21.4 Å². The number of fused-ring (bicyclic) bond motifs is 1. The maximum Gasteiger partial charge on any atom is 0.242 e. The molecule has 0 aliphatic heterocycles. The van der Waals surface area contributed by atoms with Gasteiger partial charge in [-0.1, -0.05) is 55.0 Å². The van der Waals surface area contributed by atoms with Gasteiger partial charge in [-0.25, -0.2) is 0 Å². The number of hydrogen-bond donors (Lipinski definition) is 3. The minimum absolute atomic E-state index is 0.0124. The first-order chi connectivity index (χ1) is 14.1. The molecular weight excluding hydrogens is 362 g/mol. The minimum atomic E-state index is -0.598. The molecule has 0 radical (unpaired) electrons. The summed E-state index contributed by atoms with van der Waals surface area (Å²) < 4.78 is 0. The molecule has 1 aromatic heterocycles. The van der Waals surface area contributed by atoms with Crippen molar-refractivity contribution in [1.82, 2.24) is 15.6 Å². The molecule has 0 bridgehead atoms. The van der Waals surface area contributed by atoms with Gasteiger partial charge in [-0.2, -0.15) is 0 Å². The van der Waals surface area contributed by atoms with E-state index in [9.17, 15) is 9.59 Å². The number of para-hydroxylation sites is 1. The quantitative estimate of drug-likeness (QED) is 0.579. The lowest BCUT2D eigenvalue weighted by Crippen LogP contribution is -2.52. The summed E-state index contributed by atoms with van der Waals surface area (Å²) in [4.78, 5) is 28.0. The zero-order valence-corrected chi connectivity index (χ0v) is 16.7. The summed E-state index contributed by atoms with van der Waals surface area (Å²) in [5.74, 6) is -0.334. The van der Waals surface area contributed by atoms with Crippen LogP contribution >= 0.6 is 0 Å². The largest absolute Gasteiger partial charge is 0.361 e. The van der Waals surface area contributed by atoms with E-state index in [4.69, 9.17) is 0 Å². The van der Waals surface area contributed by atoms with Crippen molar-refractivity contribution in [3.63, 3.8) is 0 Å². The lowest BCUT2D eigenvalue weighted by Gasteiger charge is -2.43. The van der Waals surface area contributed by atoms with Crippen LogP contribution in [0, 0.1) is 0 Å². The molecule has 5 nitrogen and oxygen atoms in total. The summed E-state index contributed by atoms with van der Waals surface area (Å²) in [6.45, 7) is 2.05. The van der Waals surface area contributed by atoms with Gasteiger partial charge < -0.3 is 15.6 Å². The zero-order chi connectivity index (χ0) is 20.3. The third-order valence-electron chi connectivity index (χ3n) is 6.09. The van der Waals surface area contributed by atoms with Crippen LogP contribution in [-0.4, -0.2) is 29.4 Å². The molecule has 1 saturated carbocycles. The SMILES string of the molecule is CC(=O)NC(Cc1c[nH]c2ccccc12)C(=O)NCC1(c2ccccc2)CCC1. The number of nitrogens with one attached hydrogen (secondary N) is 3. The van der Waals surface area contributed by atoms with Crippen molar-refractivity contribution < 1.29 is 9.59 Å². The Balaban J connectivity index is 1.48. The van der Waals surface area contributed by atoms with Crippen molar-refractivity contribution >= 4 is 22.7 Å². The number of benzene rings is 2. The van der Waals surface area contributed by atoms with Crippen molar-refractivity contribution in [2.75, 3.05) is 6.54 Å². The third-order valence-corrected chi connectivity index (χ3v) is 6.09. The molecule has 1 atom stereocenters. The average Bonchev–Trinajstić information content (AvgIpc) is 3.10. The summed E-state index contributed by atoms with van der Waals surface area (Å²) in [5.41, 5.74) is 3.34. The predicted octanol–water partition coefficient (Wildman–Crippen LogP) is 3.45. The lowest BCUT2D eigenvalue weighted by atomic mass is 9.64. The van der Waals surface area contributed by atoms with E-state index in [0.717, 1.165) is 29.3 Å². The highest BCUT2D eigenvalue weighted by Crippen LogP contribution is 2.43. The first-order valence-electron chi connectivity index (χ1n) is 10.2. The molecule has 3 aromatic rings. The first-order valence-corrected chi connectivity index (χ1v) is 10.2. The highest BCUT2D eigenvalue weighted by atomic mass is 16.2. The fourth-order valence-corrected chi connectivity index (χ4v) is 4.32. The Morgan fingerprint density at radius 3 is 2.48 bits per heavy atom. The van der Waals surface area contributed by atoms with E-state index in [1.165, 1.54) is 18.9 Å². The molecule has 0 spiro atoms. The van der Waals surface area contributed by atoms with Crippen LogP contribution in [0.1, 0.15) is 37.3 Å². The molecule has 1 fully saturated rings. The molecule has 1 aliphatic rings. The van der Waals surface area contributed by atoms with Crippen LogP contribution in [0.2, 0.25) is 0 Å². The van der Waals surface area contributed by atoms with Gasteiger partial charge >= 0.3 is 0 Å². The Morgan fingerprint density at radius 2 is 1.79 bits per heavy atom. The minimum Gasteiger partial charge on any atom is -0.361 e. The maximum atomic E-state index is 13.0. The second-order valence-corrected chi connectivity index (χ2v) is 8.03. The van der Waals surface area contributed by atoms with Gasteiger partial charge in [-0.05, 0) is 30.0 Å². The van der Waals surface area contributed by atoms with Gasteiger partial charge in [0.25, 0.3) is 0 Å². The Morgan fingerprint density at radius 1 is 1.07 bits per heavy atom. The molecule has 150 valence electrons. The summed E-state index contributed by atoms with van der Waals surface area (Å²) >= 11 is 0. The maximum absolute atomic E-state index is 13.0. The van der Waals surface area contributed by atoms with Gasteiger partial charge in [0.15, 0.2) is 0 Å². The molecular formula is C24H27N3O2. The van der Waals surface area contributed by atoms with E-state index in [0.29, 0.717) is 13.0 Å². The van der Waals surface area contributed by atoms with E-state index in [1.807, 2.05) is 48.7 Å². The number of hydrogen-bond acceptors (Lipinski definition) is 2. The van der Waals surface area contributed by atoms with Gasteiger partial charge in [-0.15, -0.1) is 0 Å². The number of aromatic nitrogens is 1. The fraction of sp³-hybridized carbons (Fsp3) is 0.333. The summed E-state index contributed by atoms with van der Waals surface area (Å²) in [5, 5.41) is 7.03. The van der Waals surface area contributed by atoms with Crippen LogP contribution in [0.3, 0.4) is 0 Å². The van der Waals surface area contributed by atoms with Crippen molar-refractivity contribution in [2.45, 2.75) is 44.1 Å². The lowest BCUT2D eigenvalue weighted by molar-refractivity contribution is -0.128. The van der Waals surface area contributed by atoms with Crippen molar-refractivity contribution in [2.24, 2.45) is 0 Å². The van der Waals surface area contributed by atoms with Crippen LogP contribution in [0.4, 0.5) is 0 Å². The Labute approximate surface area is 170 Å². The number of rotatable bonds is 7. The Hall–Kier alpha value is -3.08. The second kappa shape index (κ2) is 8.11. The van der Waals surface area contributed by atoms with E-state index in [1.54, 1.807) is 0 Å². The molecule has 2 aromatic carbocycles. The molecule has 29 heavy (non-hydrogen) atoms. The topological polar surface area (TPSA) is 74.0 Å². The van der Waals surface area contributed by atoms with Gasteiger partial charge in [-0.3, -0.25) is 9.59 Å². The van der Waals surface area contributed by atoms with E-state index >= 15 is 0 Å². The van der Waals surface area contributed by atoms with Gasteiger partial charge in [0.2, 0.25) is 11.8 Å². The molecule has 3 N–H and O–H groups in total. The monoisotopic (exact) mass is 389 g/mol. The number of aromatic amines is 1. The number of amides is 2. The smallest absolute Gasteiger partial charge is 0.242 e. The highest BCUT2D eigenvalue weighted by molar-refractivity contribution is 5.89. The number of H-pyrrole nitrogens is 1. The third kappa shape index (κ3) is 4.04. The molecule has 4 rings (SSSR count). The van der Waals surface area contributed by atoms with E-state index < -0.39 is 6.04 Å². The van der Waals surface area contributed by atoms with Crippen LogP contribution in [0.25, 0.3) is 10.9 Å². The van der Waals surface area contributed by atoms with Crippen molar-refractivity contribution in [3.05, 3.63) is 71.9 Å². The highest BCUT2D eigenvalue weighted by Gasteiger charge is 2.39. The van der Waals surface area contributed by atoms with Crippen LogP contribution in [0.15, 0.2) is 60.8 Å². The molecule has 5 heteroatoms. The van der Waals surface area contributed by atoms with Crippen LogP contribution in [0.5, 0.6) is 0 Å². The van der Waals surface area contributed by atoms with Gasteiger partial charge in [0, 0.05) is 42.4 Å². The predicted molar refractivity (Wildman–Crippen MR) is 115 cm³/mol. The molecule has 1 heterocycles. The fourth-order valence-electron chi connectivity index (χ4n) is 4.32. The number of carbonyl (C=O) groups excluding carboxylic acids is 2. The van der Waals surface area contributed by atoms with Gasteiger partial charge in [0.05, 0.1) is 0 Å². The molecule has 2 amide bonds. The Kier molecular flexibility index (Phi) is 5.38. The van der Waals surface area contributed by atoms with Crippen LogP contribution < -0.4 is 10.6 Å². The number of carbonyl (C=O) groups is 2. The van der Waals surface area contributed by atoms with Crippen molar-refractivity contribution in [3.8, 4) is 0 Å². The molecule has 0 saturated heterocycles. The summed E-state index contributed by atoms with van der Waals surface area (Å²) in [6, 6.07) is 17.8. The van der Waals surface area contributed by atoms with E-state index in [-0.39, 0.29) is 17.2 Å². The summed E-state index contributed by atoms with van der Waals surface area (Å²) in [7, 11) is 0. The van der Waals surface area contributed by atoms with E-state index in [2.05, 4.69) is 27.8 Å². The average molecular weight is 389 g/mol. The molecule has 1 aliphatic carbocycles. The van der Waals surface area contributed by atoms with Crippen molar-refractivity contribution in [1.29, 1.82) is 0 Å². The standard InChI is InChI=1S/C24H27N3O2/c1-17(28)27-22(14-18-15-25-21-11-6-5-10-20(18)21)23(29)26-16-24(12-7-13-24)19-8-3-2-4-9-19/h2-6,8-11,15,22,25H,7,12-14,16H2,1H3,(H,26,29)(H,27,28). The summed E-state index contributed by atoms with van der Waals surface area (Å²) in [6.07, 6.45) is 5.70. The normalized spacial score (nSPS) is 16.0. The van der Waals surface area contributed by atoms with Gasteiger partial charge in [0.1, 0.15) is 6.04 Å².